The lowest BCUT2D eigenvalue weighted by Crippen LogP contribution is -2.14. The molecule has 4 aromatic carbocycles. The van der Waals surface area contributed by atoms with E-state index >= 15 is 0 Å². The molecule has 8 heteroatoms. The van der Waals surface area contributed by atoms with Gasteiger partial charge < -0.3 is 15.7 Å². The van der Waals surface area contributed by atoms with Gasteiger partial charge >= 0.3 is 0 Å². The molecule has 0 atom stereocenters. The summed E-state index contributed by atoms with van der Waals surface area (Å²) in [7, 11) is 0. The summed E-state index contributed by atoms with van der Waals surface area (Å²) < 4.78 is 2.41. The number of para-hydroxylation sites is 1. The number of fused-ring (bicyclic) bond motifs is 1. The maximum atomic E-state index is 13.4. The first-order chi connectivity index (χ1) is 19.6. The zero-order valence-electron chi connectivity index (χ0n) is 21.6. The molecule has 0 saturated heterocycles. The van der Waals surface area contributed by atoms with Crippen LogP contribution in [-0.4, -0.2) is 32.1 Å². The molecular formula is C32H27N5O2S. The van der Waals surface area contributed by atoms with Crippen molar-refractivity contribution in [1.29, 1.82) is 0 Å². The van der Waals surface area contributed by atoms with Crippen molar-refractivity contribution in [2.24, 2.45) is 0 Å². The van der Waals surface area contributed by atoms with Crippen molar-refractivity contribution in [3.05, 3.63) is 132 Å². The molecule has 198 valence electrons. The van der Waals surface area contributed by atoms with E-state index in [4.69, 9.17) is 0 Å². The van der Waals surface area contributed by atoms with Crippen molar-refractivity contribution >= 4 is 44.2 Å². The van der Waals surface area contributed by atoms with Gasteiger partial charge in [0.1, 0.15) is 5.69 Å². The summed E-state index contributed by atoms with van der Waals surface area (Å²) >= 11 is 1.65. The zero-order valence-corrected chi connectivity index (χ0v) is 22.4. The quantitative estimate of drug-likeness (QED) is 0.184. The van der Waals surface area contributed by atoms with Crippen LogP contribution in [0.15, 0.2) is 109 Å². The zero-order chi connectivity index (χ0) is 27.3. The third-order valence-electron chi connectivity index (χ3n) is 6.55. The summed E-state index contributed by atoms with van der Waals surface area (Å²) in [5.41, 5.74) is 4.81. The fraction of sp³-hybridized carbons (Fsp3) is 0.0938. The van der Waals surface area contributed by atoms with Crippen LogP contribution >= 0.6 is 11.3 Å². The molecule has 0 unspecified atom stereocenters. The average molecular weight is 546 g/mol. The van der Waals surface area contributed by atoms with Gasteiger partial charge in [-0.3, -0.25) is 4.79 Å². The predicted octanol–water partition coefficient (Wildman–Crippen LogP) is 6.88. The molecule has 3 N–H and O–H groups in total. The molecule has 0 amide bonds. The number of nitrogens with one attached hydrogen (secondary N) is 2. The number of nitrogens with zero attached hydrogens (tertiary/aromatic N) is 3. The van der Waals surface area contributed by atoms with Crippen LogP contribution in [0.2, 0.25) is 0 Å². The maximum Gasteiger partial charge on any atom is 0.267 e. The van der Waals surface area contributed by atoms with Crippen molar-refractivity contribution in [3.63, 3.8) is 0 Å². The van der Waals surface area contributed by atoms with E-state index in [1.807, 2.05) is 78.9 Å². The van der Waals surface area contributed by atoms with Gasteiger partial charge in [0.2, 0.25) is 11.8 Å². The van der Waals surface area contributed by atoms with Crippen LogP contribution in [0.1, 0.15) is 27.2 Å². The number of hydrogen-bond acceptors (Lipinski definition) is 7. The summed E-state index contributed by atoms with van der Waals surface area (Å²) in [6.07, 6.45) is 1.23. The second kappa shape index (κ2) is 11.4. The molecule has 6 aromatic rings. The molecule has 2 heterocycles. The van der Waals surface area contributed by atoms with Crippen LogP contribution in [-0.2, 0) is 12.8 Å². The summed E-state index contributed by atoms with van der Waals surface area (Å²) in [4.78, 5) is 22.7. The Bertz CT molecular complexity index is 1710. The Balaban J connectivity index is 1.18. The SMILES string of the molecule is O=C(c1ccccc1)n1c(Nc2ccc(CCNc3nc4ccccc4s3)cc2)nc(Cc2ccccc2)c1O. The predicted molar refractivity (Wildman–Crippen MR) is 161 cm³/mol. The number of carbonyl (C=O) groups excluding carboxylic acids is 1. The summed E-state index contributed by atoms with van der Waals surface area (Å²) in [6, 6.07) is 34.7. The molecule has 6 rings (SSSR count). The van der Waals surface area contributed by atoms with Gasteiger partial charge in [-0.05, 0) is 53.9 Å². The Morgan fingerprint density at radius 1 is 0.800 bits per heavy atom. The number of rotatable bonds is 9. The Hall–Kier alpha value is -4.95. The molecule has 0 fully saturated rings. The smallest absolute Gasteiger partial charge is 0.267 e. The number of imidazole rings is 1. The molecule has 7 nitrogen and oxygen atoms in total. The number of aromatic nitrogens is 3. The fourth-order valence-electron chi connectivity index (χ4n) is 4.50. The van der Waals surface area contributed by atoms with Crippen LogP contribution in [0, 0.1) is 0 Å². The molecule has 2 aromatic heterocycles. The number of carbonyl (C=O) groups is 1. The topological polar surface area (TPSA) is 92.1 Å². The van der Waals surface area contributed by atoms with Crippen LogP contribution in [0.3, 0.4) is 0 Å². The first-order valence-corrected chi connectivity index (χ1v) is 13.9. The van der Waals surface area contributed by atoms with E-state index < -0.39 is 0 Å². The minimum atomic E-state index is -0.357. The van der Waals surface area contributed by atoms with Crippen molar-refractivity contribution in [3.8, 4) is 5.88 Å². The first-order valence-electron chi connectivity index (χ1n) is 13.0. The van der Waals surface area contributed by atoms with Crippen LogP contribution in [0.25, 0.3) is 10.2 Å². The van der Waals surface area contributed by atoms with Gasteiger partial charge in [0.25, 0.3) is 5.91 Å². The molecule has 0 aliphatic carbocycles. The molecule has 0 radical (unpaired) electrons. The molecule has 0 spiro atoms. The van der Waals surface area contributed by atoms with Gasteiger partial charge in [0.05, 0.1) is 10.2 Å². The number of hydrogen-bond donors (Lipinski definition) is 3. The lowest BCUT2D eigenvalue weighted by molar-refractivity contribution is 0.0953. The Morgan fingerprint density at radius 2 is 1.50 bits per heavy atom. The van der Waals surface area contributed by atoms with Crippen molar-refractivity contribution in [1.82, 2.24) is 14.5 Å². The second-order valence-corrected chi connectivity index (χ2v) is 10.4. The molecular weight excluding hydrogens is 518 g/mol. The Kier molecular flexibility index (Phi) is 7.24. The lowest BCUT2D eigenvalue weighted by Gasteiger charge is -2.10. The lowest BCUT2D eigenvalue weighted by atomic mass is 10.1. The molecule has 0 saturated carbocycles. The standard InChI is InChI=1S/C32H27N5O2S/c38-29(24-11-5-2-6-12-24)37-30(39)27(21-23-9-3-1-4-10-23)35-31(37)34-25-17-15-22(16-18-25)19-20-33-32-36-26-13-7-8-14-28(26)40-32/h1-18,39H,19-21H2,(H,33,36)(H,34,35). The van der Waals surface area contributed by atoms with Crippen LogP contribution in [0.5, 0.6) is 5.88 Å². The van der Waals surface area contributed by atoms with Crippen molar-refractivity contribution < 1.29 is 9.90 Å². The Morgan fingerprint density at radius 3 is 2.25 bits per heavy atom. The highest BCUT2D eigenvalue weighted by Crippen LogP contribution is 2.29. The largest absolute Gasteiger partial charge is 0.493 e. The maximum absolute atomic E-state index is 13.4. The van der Waals surface area contributed by atoms with Crippen molar-refractivity contribution in [2.45, 2.75) is 12.8 Å². The number of benzene rings is 4. The molecule has 0 aliphatic heterocycles. The Labute approximate surface area is 235 Å². The minimum absolute atomic E-state index is 0.169. The van der Waals surface area contributed by atoms with E-state index in [2.05, 4.69) is 26.7 Å². The van der Waals surface area contributed by atoms with Crippen molar-refractivity contribution in [2.75, 3.05) is 17.2 Å². The van der Waals surface area contributed by atoms with E-state index in [0.29, 0.717) is 17.7 Å². The highest BCUT2D eigenvalue weighted by Gasteiger charge is 2.23. The van der Waals surface area contributed by atoms with Gasteiger partial charge in [-0.2, -0.15) is 0 Å². The summed E-state index contributed by atoms with van der Waals surface area (Å²) in [5, 5.41) is 18.7. The fourth-order valence-corrected chi connectivity index (χ4v) is 5.39. The summed E-state index contributed by atoms with van der Waals surface area (Å²) in [5.74, 6) is -0.259. The summed E-state index contributed by atoms with van der Waals surface area (Å²) in [6.45, 7) is 0.763. The minimum Gasteiger partial charge on any atom is -0.493 e. The van der Waals surface area contributed by atoms with Gasteiger partial charge in [-0.15, -0.1) is 0 Å². The van der Waals surface area contributed by atoms with E-state index in [-0.39, 0.29) is 17.7 Å². The number of aromatic hydroxyl groups is 1. The third-order valence-corrected chi connectivity index (χ3v) is 7.55. The van der Waals surface area contributed by atoms with E-state index in [1.165, 1.54) is 9.27 Å². The first kappa shape index (κ1) is 25.3. The molecule has 0 bridgehead atoms. The highest BCUT2D eigenvalue weighted by molar-refractivity contribution is 7.22. The van der Waals surface area contributed by atoms with Gasteiger partial charge in [-0.1, -0.05) is 84.1 Å². The van der Waals surface area contributed by atoms with Gasteiger partial charge in [-0.25, -0.2) is 14.5 Å². The average Bonchev–Trinajstić information content (AvgIpc) is 3.54. The number of thiazole rings is 1. The van der Waals surface area contributed by atoms with Gasteiger partial charge in [0.15, 0.2) is 5.13 Å². The number of anilines is 3. The van der Waals surface area contributed by atoms with Crippen LogP contribution in [0.4, 0.5) is 16.8 Å². The van der Waals surface area contributed by atoms with Crippen LogP contribution < -0.4 is 10.6 Å². The van der Waals surface area contributed by atoms with E-state index in [1.54, 1.807) is 35.6 Å². The molecule has 40 heavy (non-hydrogen) atoms. The monoisotopic (exact) mass is 545 g/mol. The normalized spacial score (nSPS) is 11.0. The highest BCUT2D eigenvalue weighted by atomic mass is 32.1. The third kappa shape index (κ3) is 5.57. The second-order valence-electron chi connectivity index (χ2n) is 9.36. The van der Waals surface area contributed by atoms with E-state index in [9.17, 15) is 9.90 Å². The van der Waals surface area contributed by atoms with Gasteiger partial charge in [0, 0.05) is 24.2 Å². The molecule has 0 aliphatic rings. The van der Waals surface area contributed by atoms with E-state index in [0.717, 1.165) is 40.4 Å².